The first-order chi connectivity index (χ1) is 7.94. The monoisotopic (exact) mass is 270 g/mol. The summed E-state index contributed by atoms with van der Waals surface area (Å²) >= 11 is 4.95. The molecule has 0 unspecified atom stereocenters. The second-order valence-corrected chi connectivity index (χ2v) is 5.63. The third-order valence-electron chi connectivity index (χ3n) is 1.95. The maximum Gasteiger partial charge on any atom is 0.298 e. The van der Waals surface area contributed by atoms with Crippen LogP contribution in [0.3, 0.4) is 0 Å². The molecule has 1 aromatic heterocycles. The summed E-state index contributed by atoms with van der Waals surface area (Å²) in [5.41, 5.74) is 11.7. The Morgan fingerprint density at radius 1 is 1.47 bits per heavy atom. The number of fused-ring (bicyclic) bond motifs is 1. The average Bonchev–Trinajstić information content (AvgIpc) is 2.55. The number of hydrogen-bond acceptors (Lipinski definition) is 4. The fourth-order valence-corrected chi connectivity index (χ4v) is 2.39. The van der Waals surface area contributed by atoms with Crippen LogP contribution in [-0.4, -0.2) is 9.97 Å². The van der Waals surface area contributed by atoms with Gasteiger partial charge in [-0.1, -0.05) is 24.4 Å². The zero-order chi connectivity index (χ0) is 12.5. The van der Waals surface area contributed by atoms with E-state index in [-0.39, 0.29) is 11.4 Å². The van der Waals surface area contributed by atoms with Gasteiger partial charge in [-0.2, -0.15) is 0 Å². The predicted octanol–water partition coefficient (Wildman–Crippen LogP) is 1.31. The fourth-order valence-electron chi connectivity index (χ4n) is 1.37. The lowest BCUT2D eigenvalue weighted by Gasteiger charge is -2.09. The van der Waals surface area contributed by atoms with E-state index in [0.29, 0.717) is 11.5 Å². The van der Waals surface area contributed by atoms with Gasteiger partial charge in [-0.3, -0.25) is 15.6 Å². The van der Waals surface area contributed by atoms with E-state index in [0.717, 1.165) is 5.52 Å². The molecule has 0 saturated carbocycles. The second kappa shape index (κ2) is 4.54. The van der Waals surface area contributed by atoms with Crippen LogP contribution in [0.2, 0.25) is 0 Å². The minimum atomic E-state index is -3.35. The van der Waals surface area contributed by atoms with Crippen LogP contribution in [0.1, 0.15) is 5.89 Å². The van der Waals surface area contributed by atoms with E-state index in [4.69, 9.17) is 27.6 Å². The SMILES string of the molecule is NP(N)(=O)NC(=S)Cc1nc2ccccc2o1. The first kappa shape index (κ1) is 12.2. The maximum absolute atomic E-state index is 11.1. The topological polar surface area (TPSA) is 107 Å². The van der Waals surface area contributed by atoms with Crippen LogP contribution in [-0.2, 0) is 11.0 Å². The molecule has 0 spiro atoms. The van der Waals surface area contributed by atoms with Gasteiger partial charge >= 0.3 is 0 Å². The van der Waals surface area contributed by atoms with Crippen molar-refractivity contribution in [2.45, 2.75) is 6.42 Å². The quantitative estimate of drug-likeness (QED) is 0.570. The number of nitrogens with one attached hydrogen (secondary N) is 1. The molecule has 5 N–H and O–H groups in total. The van der Waals surface area contributed by atoms with Crippen molar-refractivity contribution in [3.63, 3.8) is 0 Å². The minimum absolute atomic E-state index is 0.211. The molecule has 1 heterocycles. The van der Waals surface area contributed by atoms with Crippen molar-refractivity contribution >= 4 is 35.9 Å². The maximum atomic E-state index is 11.1. The van der Waals surface area contributed by atoms with Crippen LogP contribution in [0.15, 0.2) is 28.7 Å². The molecule has 0 aliphatic heterocycles. The van der Waals surface area contributed by atoms with E-state index >= 15 is 0 Å². The summed E-state index contributed by atoms with van der Waals surface area (Å²) in [6.07, 6.45) is 0.211. The molecule has 90 valence electrons. The number of hydrogen-bond donors (Lipinski definition) is 3. The van der Waals surface area contributed by atoms with Crippen LogP contribution in [0, 0.1) is 0 Å². The Kier molecular flexibility index (Phi) is 3.26. The molecule has 2 aromatic rings. The number of rotatable bonds is 3. The lowest BCUT2D eigenvalue weighted by molar-refractivity contribution is 0.550. The molecule has 0 saturated heterocycles. The van der Waals surface area contributed by atoms with Gasteiger partial charge in [0.25, 0.3) is 7.59 Å². The third kappa shape index (κ3) is 3.34. The molecular formula is C9H11N4O2PS. The first-order valence-corrected chi connectivity index (χ1v) is 7.02. The molecule has 0 fully saturated rings. The normalized spacial score (nSPS) is 11.6. The molecule has 8 heteroatoms. The van der Waals surface area contributed by atoms with Crippen LogP contribution >= 0.6 is 19.8 Å². The number of benzene rings is 1. The summed E-state index contributed by atoms with van der Waals surface area (Å²) in [7, 11) is -3.35. The third-order valence-corrected chi connectivity index (χ3v) is 2.97. The Labute approximate surface area is 103 Å². The van der Waals surface area contributed by atoms with Crippen molar-refractivity contribution in [2.75, 3.05) is 0 Å². The van der Waals surface area contributed by atoms with Gasteiger partial charge in [-0.25, -0.2) is 4.98 Å². The van der Waals surface area contributed by atoms with Gasteiger partial charge in [-0.05, 0) is 12.1 Å². The fraction of sp³-hybridized carbons (Fsp3) is 0.111. The summed E-state index contributed by atoms with van der Waals surface area (Å²) in [5, 5.41) is 2.35. The summed E-state index contributed by atoms with van der Waals surface area (Å²) in [4.78, 5) is 4.46. The smallest absolute Gasteiger partial charge is 0.298 e. The highest BCUT2D eigenvalue weighted by molar-refractivity contribution is 7.81. The highest BCUT2D eigenvalue weighted by Crippen LogP contribution is 2.19. The van der Waals surface area contributed by atoms with Crippen molar-refractivity contribution in [2.24, 2.45) is 11.0 Å². The Hall–Kier alpha value is -1.27. The van der Waals surface area contributed by atoms with Crippen molar-refractivity contribution in [3.8, 4) is 0 Å². The lowest BCUT2D eigenvalue weighted by atomic mass is 10.3. The Morgan fingerprint density at radius 2 is 2.18 bits per heavy atom. The van der Waals surface area contributed by atoms with E-state index in [1.165, 1.54) is 0 Å². The largest absolute Gasteiger partial charge is 0.440 e. The number of oxazole rings is 1. The highest BCUT2D eigenvalue weighted by Gasteiger charge is 2.13. The van der Waals surface area contributed by atoms with Crippen LogP contribution < -0.4 is 16.1 Å². The van der Waals surface area contributed by atoms with Crippen molar-refractivity contribution in [1.29, 1.82) is 0 Å². The van der Waals surface area contributed by atoms with Crippen molar-refractivity contribution in [3.05, 3.63) is 30.2 Å². The predicted molar refractivity (Wildman–Crippen MR) is 69.4 cm³/mol. The molecule has 6 nitrogen and oxygen atoms in total. The molecule has 0 aliphatic carbocycles. The summed E-state index contributed by atoms with van der Waals surface area (Å²) in [5.74, 6) is 0.428. The molecule has 0 atom stereocenters. The molecule has 1 aromatic carbocycles. The van der Waals surface area contributed by atoms with Crippen LogP contribution in [0.25, 0.3) is 11.1 Å². The van der Waals surface area contributed by atoms with E-state index in [1.807, 2.05) is 18.2 Å². The van der Waals surface area contributed by atoms with Crippen molar-refractivity contribution in [1.82, 2.24) is 10.1 Å². The van der Waals surface area contributed by atoms with Gasteiger partial charge < -0.3 is 9.50 Å². The first-order valence-electron chi connectivity index (χ1n) is 4.77. The molecule has 0 aliphatic rings. The number of aromatic nitrogens is 1. The molecule has 2 rings (SSSR count). The average molecular weight is 270 g/mol. The van der Waals surface area contributed by atoms with Crippen LogP contribution in [0.5, 0.6) is 0 Å². The molecular weight excluding hydrogens is 259 g/mol. The standard InChI is InChI=1S/C9H11N4O2PS/c10-16(11,14)13-9(17)5-8-12-6-3-1-2-4-7(6)15-8/h1-4H,5H2,(H5,10,11,13,14,17). The van der Waals surface area contributed by atoms with Gasteiger partial charge in [0.2, 0.25) is 5.89 Å². The van der Waals surface area contributed by atoms with Gasteiger partial charge in [0.05, 0.1) is 11.4 Å². The van der Waals surface area contributed by atoms with E-state index in [9.17, 15) is 4.57 Å². The van der Waals surface area contributed by atoms with Gasteiger partial charge in [-0.15, -0.1) is 0 Å². The molecule has 17 heavy (non-hydrogen) atoms. The van der Waals surface area contributed by atoms with E-state index in [2.05, 4.69) is 10.1 Å². The zero-order valence-corrected chi connectivity index (χ0v) is 10.5. The minimum Gasteiger partial charge on any atom is -0.440 e. The molecule has 0 radical (unpaired) electrons. The molecule has 0 amide bonds. The Bertz CT molecular complexity index is 573. The Balaban J connectivity index is 2.13. The van der Waals surface area contributed by atoms with E-state index < -0.39 is 7.59 Å². The number of nitrogens with two attached hydrogens (primary N) is 2. The van der Waals surface area contributed by atoms with Crippen molar-refractivity contribution < 1.29 is 8.98 Å². The number of nitrogens with zero attached hydrogens (tertiary/aromatic N) is 1. The Morgan fingerprint density at radius 3 is 2.82 bits per heavy atom. The summed E-state index contributed by atoms with van der Waals surface area (Å²) < 4.78 is 16.5. The summed E-state index contributed by atoms with van der Waals surface area (Å²) in [6, 6.07) is 7.34. The number of thiocarbonyl (C=S) groups is 1. The highest BCUT2D eigenvalue weighted by atomic mass is 32.1. The van der Waals surface area contributed by atoms with Gasteiger partial charge in [0.1, 0.15) is 5.52 Å². The molecule has 0 bridgehead atoms. The summed E-state index contributed by atoms with van der Waals surface area (Å²) in [6.45, 7) is 0. The van der Waals surface area contributed by atoms with Gasteiger partial charge in [0.15, 0.2) is 5.58 Å². The second-order valence-electron chi connectivity index (χ2n) is 3.50. The van der Waals surface area contributed by atoms with Gasteiger partial charge in [0, 0.05) is 0 Å². The lowest BCUT2D eigenvalue weighted by Crippen LogP contribution is -2.28. The van der Waals surface area contributed by atoms with Crippen LogP contribution in [0.4, 0.5) is 0 Å². The number of para-hydroxylation sites is 2. The van der Waals surface area contributed by atoms with E-state index in [1.54, 1.807) is 6.07 Å². The zero-order valence-electron chi connectivity index (χ0n) is 8.79.